The van der Waals surface area contributed by atoms with Crippen molar-refractivity contribution in [3.05, 3.63) is 40.9 Å². The molecule has 2 unspecified atom stereocenters. The SMILES string of the molecule is CC(C)OC(=O)NC1CCC(c2ccc(-c3nc4nc(OC5CO[C@@H]6C(O)CO[C@H]56)[nH]c4cc3Cl)cc2)CC1. The Morgan fingerprint density at radius 1 is 1.10 bits per heavy atom. The number of nitrogens with one attached hydrogen (secondary N) is 2. The highest BCUT2D eigenvalue weighted by Gasteiger charge is 2.48. The highest BCUT2D eigenvalue weighted by molar-refractivity contribution is 6.33. The van der Waals surface area contributed by atoms with Gasteiger partial charge in [-0.25, -0.2) is 9.78 Å². The highest BCUT2D eigenvalue weighted by Crippen LogP contribution is 2.36. The van der Waals surface area contributed by atoms with Crippen LogP contribution in [0.15, 0.2) is 30.3 Å². The number of ether oxygens (including phenoxy) is 4. The van der Waals surface area contributed by atoms with E-state index >= 15 is 0 Å². The van der Waals surface area contributed by atoms with E-state index in [9.17, 15) is 9.90 Å². The zero-order chi connectivity index (χ0) is 27.1. The summed E-state index contributed by atoms with van der Waals surface area (Å²) >= 11 is 6.62. The number of benzene rings is 1. The van der Waals surface area contributed by atoms with E-state index in [0.29, 0.717) is 40.4 Å². The van der Waals surface area contributed by atoms with Crippen LogP contribution < -0.4 is 10.1 Å². The van der Waals surface area contributed by atoms with Crippen LogP contribution in [0.2, 0.25) is 5.02 Å². The van der Waals surface area contributed by atoms with Gasteiger partial charge < -0.3 is 34.4 Å². The zero-order valence-corrected chi connectivity index (χ0v) is 22.7. The quantitative estimate of drug-likeness (QED) is 0.409. The molecule has 1 aromatic carbocycles. The molecule has 4 atom stereocenters. The third kappa shape index (κ3) is 5.56. The van der Waals surface area contributed by atoms with Crippen molar-refractivity contribution in [2.45, 2.75) is 82.0 Å². The first-order chi connectivity index (χ1) is 18.8. The van der Waals surface area contributed by atoms with Crippen LogP contribution >= 0.6 is 11.6 Å². The number of amides is 1. The number of imidazole rings is 1. The Morgan fingerprint density at radius 3 is 2.59 bits per heavy atom. The van der Waals surface area contributed by atoms with Gasteiger partial charge in [0.25, 0.3) is 6.01 Å². The Morgan fingerprint density at radius 2 is 1.85 bits per heavy atom. The molecule has 11 heteroatoms. The van der Waals surface area contributed by atoms with Gasteiger partial charge in [-0.1, -0.05) is 35.9 Å². The number of H-pyrrole nitrogens is 1. The molecule has 4 heterocycles. The van der Waals surface area contributed by atoms with E-state index in [2.05, 4.69) is 27.4 Å². The Balaban J connectivity index is 1.10. The number of rotatable bonds is 6. The number of hydrogen-bond donors (Lipinski definition) is 3. The lowest BCUT2D eigenvalue weighted by molar-refractivity contribution is 0.00706. The molecule has 1 amide bonds. The number of carbonyl (C=O) groups is 1. The fourth-order valence-electron chi connectivity index (χ4n) is 5.74. The molecule has 6 rings (SSSR count). The molecule has 2 saturated heterocycles. The Labute approximate surface area is 231 Å². The number of aromatic nitrogens is 3. The van der Waals surface area contributed by atoms with Gasteiger partial charge >= 0.3 is 6.09 Å². The van der Waals surface area contributed by atoms with Crippen LogP contribution in [0.1, 0.15) is 51.0 Å². The third-order valence-corrected chi connectivity index (χ3v) is 7.99. The summed E-state index contributed by atoms with van der Waals surface area (Å²) in [5.74, 6) is 0.444. The molecule has 3 fully saturated rings. The largest absolute Gasteiger partial charge is 0.456 e. The lowest BCUT2D eigenvalue weighted by Gasteiger charge is -2.29. The topological polar surface area (TPSA) is 128 Å². The van der Waals surface area contributed by atoms with Crippen molar-refractivity contribution in [3.8, 4) is 17.3 Å². The Hall–Kier alpha value is -2.92. The number of nitrogens with zero attached hydrogens (tertiary/aromatic N) is 2. The molecule has 0 bridgehead atoms. The number of halogens is 1. The minimum atomic E-state index is -0.638. The van der Waals surface area contributed by atoms with Gasteiger partial charge in [-0.05, 0) is 57.1 Å². The number of carbonyl (C=O) groups excluding carboxylic acids is 1. The number of aliphatic hydroxyl groups is 1. The number of hydrogen-bond acceptors (Lipinski definition) is 8. The fourth-order valence-corrected chi connectivity index (χ4v) is 6.00. The van der Waals surface area contributed by atoms with Crippen molar-refractivity contribution in [2.24, 2.45) is 0 Å². The highest BCUT2D eigenvalue weighted by atomic mass is 35.5. The second kappa shape index (κ2) is 10.9. The van der Waals surface area contributed by atoms with Gasteiger partial charge in [-0.3, -0.25) is 0 Å². The average Bonchev–Trinajstić information content (AvgIpc) is 3.60. The summed E-state index contributed by atoms with van der Waals surface area (Å²) in [5.41, 5.74) is 3.99. The van der Waals surface area contributed by atoms with Gasteiger partial charge in [0.05, 0.1) is 35.6 Å². The van der Waals surface area contributed by atoms with Crippen LogP contribution in [0.3, 0.4) is 0 Å². The van der Waals surface area contributed by atoms with Crippen LogP contribution in [-0.4, -0.2) is 75.9 Å². The summed E-state index contributed by atoms with van der Waals surface area (Å²) in [7, 11) is 0. The third-order valence-electron chi connectivity index (χ3n) is 7.70. The molecule has 10 nitrogen and oxygen atoms in total. The predicted octanol–water partition coefficient (Wildman–Crippen LogP) is 4.35. The lowest BCUT2D eigenvalue weighted by Crippen LogP contribution is -2.38. The Bertz CT molecular complexity index is 1320. The maximum absolute atomic E-state index is 11.9. The molecule has 0 radical (unpaired) electrons. The van der Waals surface area contributed by atoms with Crippen molar-refractivity contribution in [3.63, 3.8) is 0 Å². The van der Waals surface area contributed by atoms with Crippen molar-refractivity contribution >= 4 is 28.9 Å². The van der Waals surface area contributed by atoms with Gasteiger partial charge in [0.1, 0.15) is 18.3 Å². The number of aliphatic hydroxyl groups excluding tert-OH is 1. The summed E-state index contributed by atoms with van der Waals surface area (Å²) in [5, 5.41) is 13.4. The lowest BCUT2D eigenvalue weighted by atomic mass is 9.81. The van der Waals surface area contributed by atoms with Crippen LogP contribution in [0.25, 0.3) is 22.4 Å². The molecular weight excluding hydrogens is 524 g/mol. The van der Waals surface area contributed by atoms with E-state index in [1.54, 1.807) is 6.07 Å². The van der Waals surface area contributed by atoms with Crippen molar-refractivity contribution in [1.82, 2.24) is 20.3 Å². The molecule has 0 spiro atoms. The summed E-state index contributed by atoms with van der Waals surface area (Å²) in [6.07, 6.45) is 1.70. The molecule has 3 aromatic rings. The molecule has 3 aliphatic rings. The number of aromatic amines is 1. The second-order valence-corrected chi connectivity index (χ2v) is 11.2. The van der Waals surface area contributed by atoms with E-state index in [4.69, 9.17) is 35.5 Å². The fraction of sp³-hybridized carbons (Fsp3) is 0.536. The normalized spacial score (nSPS) is 28.5. The minimum absolute atomic E-state index is 0.121. The molecule has 1 aliphatic carbocycles. The van der Waals surface area contributed by atoms with Crippen molar-refractivity contribution in [1.29, 1.82) is 0 Å². The second-order valence-electron chi connectivity index (χ2n) is 10.8. The van der Waals surface area contributed by atoms with E-state index in [-0.39, 0.29) is 43.2 Å². The average molecular weight is 557 g/mol. The smallest absolute Gasteiger partial charge is 0.407 e. The summed E-state index contributed by atoms with van der Waals surface area (Å²) in [6, 6.07) is 10.6. The van der Waals surface area contributed by atoms with Gasteiger partial charge in [0.2, 0.25) is 0 Å². The Kier molecular flexibility index (Phi) is 7.37. The molecule has 2 aliphatic heterocycles. The summed E-state index contributed by atoms with van der Waals surface area (Å²) in [4.78, 5) is 24.2. The first-order valence-electron chi connectivity index (χ1n) is 13.6. The monoisotopic (exact) mass is 556 g/mol. The molecule has 3 N–H and O–H groups in total. The van der Waals surface area contributed by atoms with E-state index < -0.39 is 6.10 Å². The van der Waals surface area contributed by atoms with Gasteiger partial charge in [-0.2, -0.15) is 4.98 Å². The van der Waals surface area contributed by atoms with Gasteiger partial charge in [-0.15, -0.1) is 0 Å². The maximum Gasteiger partial charge on any atom is 0.407 e. The first kappa shape index (κ1) is 26.3. The predicted molar refractivity (Wildman–Crippen MR) is 144 cm³/mol. The van der Waals surface area contributed by atoms with Crippen LogP contribution in [0.4, 0.5) is 4.79 Å². The van der Waals surface area contributed by atoms with Crippen molar-refractivity contribution in [2.75, 3.05) is 13.2 Å². The van der Waals surface area contributed by atoms with Gasteiger partial charge in [0.15, 0.2) is 11.8 Å². The number of fused-ring (bicyclic) bond motifs is 2. The molecule has 39 heavy (non-hydrogen) atoms. The molecule has 208 valence electrons. The van der Waals surface area contributed by atoms with Crippen LogP contribution in [0, 0.1) is 0 Å². The zero-order valence-electron chi connectivity index (χ0n) is 21.9. The van der Waals surface area contributed by atoms with E-state index in [1.165, 1.54) is 5.56 Å². The summed E-state index contributed by atoms with van der Waals surface area (Å²) in [6.45, 7) is 4.25. The molecular formula is C28H33ClN4O6. The standard InChI is InChI=1S/C28H33ClN4O6/c1-14(2)38-28(35)30-18-9-7-16(8-10-18)15-3-5-17(6-4-15)23-19(29)11-20-26(32-23)33-27(31-20)39-22-13-37-24-21(34)12-36-25(22)24/h3-6,11,14,16,18,21-22,24-25,34H,7-10,12-13H2,1-2H3,(H,30,35)(H,31,32,33)/t16?,18?,21?,22?,24-,25-/m1/s1. The number of alkyl carbamates (subject to hydrolysis) is 1. The first-order valence-corrected chi connectivity index (χ1v) is 13.9. The van der Waals surface area contributed by atoms with Gasteiger partial charge in [0, 0.05) is 11.6 Å². The maximum atomic E-state index is 11.9. The molecule has 1 saturated carbocycles. The van der Waals surface area contributed by atoms with Crippen LogP contribution in [0.5, 0.6) is 6.01 Å². The van der Waals surface area contributed by atoms with Crippen molar-refractivity contribution < 1.29 is 28.8 Å². The minimum Gasteiger partial charge on any atom is -0.456 e. The molecule has 2 aromatic heterocycles. The number of pyridine rings is 1. The van der Waals surface area contributed by atoms with E-state index in [1.807, 2.05) is 26.0 Å². The van der Waals surface area contributed by atoms with Crippen LogP contribution in [-0.2, 0) is 14.2 Å². The van der Waals surface area contributed by atoms with E-state index in [0.717, 1.165) is 31.2 Å². The summed E-state index contributed by atoms with van der Waals surface area (Å²) < 4.78 is 22.5.